The zero-order chi connectivity index (χ0) is 12.3. The highest BCUT2D eigenvalue weighted by Crippen LogP contribution is 2.20. The van der Waals surface area contributed by atoms with E-state index in [1.165, 1.54) is 6.07 Å². The number of nitrogens with zero attached hydrogens (tertiary/aromatic N) is 2. The van der Waals surface area contributed by atoms with Crippen LogP contribution in [0.25, 0.3) is 0 Å². The third-order valence-electron chi connectivity index (χ3n) is 2.79. The standard InChI is InChI=1S/C11H15FN2O2/c1-7(14(3)8(2)11(15)16)9-4-10(12)6-13-5-9/h4-8H,1-3H3,(H,15,16). The summed E-state index contributed by atoms with van der Waals surface area (Å²) in [6, 6.07) is 0.537. The average molecular weight is 226 g/mol. The van der Waals surface area contributed by atoms with E-state index >= 15 is 0 Å². The summed E-state index contributed by atoms with van der Waals surface area (Å²) in [5.41, 5.74) is 0.663. The predicted molar refractivity (Wildman–Crippen MR) is 57.5 cm³/mol. The molecule has 0 saturated heterocycles. The number of carboxylic acids is 1. The van der Waals surface area contributed by atoms with Crippen LogP contribution < -0.4 is 0 Å². The highest BCUT2D eigenvalue weighted by molar-refractivity contribution is 5.72. The summed E-state index contributed by atoms with van der Waals surface area (Å²) in [6.45, 7) is 3.40. The van der Waals surface area contributed by atoms with Crippen molar-refractivity contribution >= 4 is 5.97 Å². The third kappa shape index (κ3) is 2.76. The highest BCUT2D eigenvalue weighted by Gasteiger charge is 2.22. The molecule has 1 aromatic heterocycles. The van der Waals surface area contributed by atoms with Crippen molar-refractivity contribution in [1.82, 2.24) is 9.88 Å². The number of hydrogen-bond donors (Lipinski definition) is 1. The van der Waals surface area contributed by atoms with Crippen molar-refractivity contribution in [1.29, 1.82) is 0 Å². The van der Waals surface area contributed by atoms with Gasteiger partial charge in [0.25, 0.3) is 0 Å². The molecule has 0 amide bonds. The summed E-state index contributed by atoms with van der Waals surface area (Å²) in [4.78, 5) is 16.2. The van der Waals surface area contributed by atoms with Crippen LogP contribution in [0.2, 0.25) is 0 Å². The molecule has 0 bridgehead atoms. The Kier molecular flexibility index (Phi) is 3.95. The smallest absolute Gasteiger partial charge is 0.320 e. The van der Waals surface area contributed by atoms with Gasteiger partial charge in [-0.3, -0.25) is 14.7 Å². The van der Waals surface area contributed by atoms with Gasteiger partial charge in [0.05, 0.1) is 6.20 Å². The molecule has 0 spiro atoms. The van der Waals surface area contributed by atoms with Crippen LogP contribution in [-0.2, 0) is 4.79 Å². The molecule has 2 unspecified atom stereocenters. The monoisotopic (exact) mass is 226 g/mol. The SMILES string of the molecule is CC(C(=O)O)N(C)C(C)c1cncc(F)c1. The van der Waals surface area contributed by atoms with Crippen LogP contribution in [0.15, 0.2) is 18.5 Å². The Hall–Kier alpha value is -1.49. The normalized spacial score (nSPS) is 14.8. The molecule has 4 nitrogen and oxygen atoms in total. The molecule has 1 aromatic rings. The highest BCUT2D eigenvalue weighted by atomic mass is 19.1. The first-order valence-corrected chi connectivity index (χ1v) is 4.98. The topological polar surface area (TPSA) is 53.4 Å². The van der Waals surface area contributed by atoms with Gasteiger partial charge in [-0.05, 0) is 32.5 Å². The summed E-state index contributed by atoms with van der Waals surface area (Å²) < 4.78 is 13.0. The Morgan fingerprint density at radius 2 is 2.12 bits per heavy atom. The van der Waals surface area contributed by atoms with Gasteiger partial charge >= 0.3 is 5.97 Å². The number of carboxylic acid groups (broad SMARTS) is 1. The Bertz CT molecular complexity index is 384. The molecule has 0 radical (unpaired) electrons. The molecule has 1 rings (SSSR count). The minimum atomic E-state index is -0.904. The molecule has 16 heavy (non-hydrogen) atoms. The maximum Gasteiger partial charge on any atom is 0.320 e. The molecule has 0 saturated carbocycles. The molecular formula is C11H15FN2O2. The molecule has 2 atom stereocenters. The second kappa shape index (κ2) is 5.03. The Labute approximate surface area is 93.7 Å². The van der Waals surface area contributed by atoms with Crippen LogP contribution >= 0.6 is 0 Å². The zero-order valence-electron chi connectivity index (χ0n) is 9.51. The van der Waals surface area contributed by atoms with Crippen molar-refractivity contribution in [3.8, 4) is 0 Å². The van der Waals surface area contributed by atoms with E-state index in [1.807, 2.05) is 6.92 Å². The average Bonchev–Trinajstić information content (AvgIpc) is 2.26. The first kappa shape index (κ1) is 12.6. The maximum absolute atomic E-state index is 13.0. The van der Waals surface area contributed by atoms with E-state index in [4.69, 9.17) is 5.11 Å². The summed E-state index contributed by atoms with van der Waals surface area (Å²) in [5, 5.41) is 8.87. The Balaban J connectivity index is 2.85. The summed E-state index contributed by atoms with van der Waals surface area (Å²) >= 11 is 0. The van der Waals surface area contributed by atoms with E-state index in [9.17, 15) is 9.18 Å². The molecular weight excluding hydrogens is 211 g/mol. The van der Waals surface area contributed by atoms with Crippen LogP contribution in [-0.4, -0.2) is 34.0 Å². The lowest BCUT2D eigenvalue weighted by molar-refractivity contribution is -0.142. The largest absolute Gasteiger partial charge is 0.480 e. The van der Waals surface area contributed by atoms with Gasteiger partial charge < -0.3 is 5.11 Å². The molecule has 0 aliphatic rings. The van der Waals surface area contributed by atoms with E-state index < -0.39 is 17.8 Å². The third-order valence-corrected chi connectivity index (χ3v) is 2.79. The predicted octanol–water partition coefficient (Wildman–Crippen LogP) is 1.69. The fraction of sp³-hybridized carbons (Fsp3) is 0.455. The van der Waals surface area contributed by atoms with E-state index in [0.717, 1.165) is 6.20 Å². The second-order valence-corrected chi connectivity index (χ2v) is 3.79. The van der Waals surface area contributed by atoms with Crippen molar-refractivity contribution in [3.05, 3.63) is 29.8 Å². The minimum absolute atomic E-state index is 0.200. The second-order valence-electron chi connectivity index (χ2n) is 3.79. The fourth-order valence-corrected chi connectivity index (χ4v) is 1.40. The van der Waals surface area contributed by atoms with Gasteiger partial charge in [0, 0.05) is 12.2 Å². The molecule has 0 aromatic carbocycles. The first-order valence-electron chi connectivity index (χ1n) is 4.98. The van der Waals surface area contributed by atoms with Crippen molar-refractivity contribution < 1.29 is 14.3 Å². The first-order chi connectivity index (χ1) is 7.43. The number of rotatable bonds is 4. The molecule has 1 heterocycles. The van der Waals surface area contributed by atoms with Crippen LogP contribution in [0.3, 0.4) is 0 Å². The molecule has 0 fully saturated rings. The van der Waals surface area contributed by atoms with Gasteiger partial charge in [0.15, 0.2) is 0 Å². The van der Waals surface area contributed by atoms with Gasteiger partial charge in [-0.25, -0.2) is 4.39 Å². The lowest BCUT2D eigenvalue weighted by atomic mass is 10.1. The lowest BCUT2D eigenvalue weighted by Crippen LogP contribution is -2.37. The maximum atomic E-state index is 13.0. The van der Waals surface area contributed by atoms with Gasteiger partial charge in [-0.2, -0.15) is 0 Å². The molecule has 0 aliphatic heterocycles. The number of hydrogen-bond acceptors (Lipinski definition) is 3. The van der Waals surface area contributed by atoms with Gasteiger partial charge in [0.1, 0.15) is 11.9 Å². The summed E-state index contributed by atoms with van der Waals surface area (Å²) in [5.74, 6) is -1.32. The van der Waals surface area contributed by atoms with E-state index in [2.05, 4.69) is 4.98 Å². The van der Waals surface area contributed by atoms with Gasteiger partial charge in [-0.15, -0.1) is 0 Å². The van der Waals surface area contributed by atoms with E-state index in [0.29, 0.717) is 5.56 Å². The minimum Gasteiger partial charge on any atom is -0.480 e. The number of pyridine rings is 1. The van der Waals surface area contributed by atoms with Gasteiger partial charge in [0.2, 0.25) is 0 Å². The van der Waals surface area contributed by atoms with E-state index in [-0.39, 0.29) is 6.04 Å². The van der Waals surface area contributed by atoms with Crippen molar-refractivity contribution in [3.63, 3.8) is 0 Å². The zero-order valence-corrected chi connectivity index (χ0v) is 9.51. The number of halogens is 1. The number of aliphatic carboxylic acids is 1. The van der Waals surface area contributed by atoms with Crippen LogP contribution in [0, 0.1) is 5.82 Å². The summed E-state index contributed by atoms with van der Waals surface area (Å²) in [6.07, 6.45) is 2.66. The molecule has 88 valence electrons. The molecule has 0 aliphatic carbocycles. The van der Waals surface area contributed by atoms with Gasteiger partial charge in [-0.1, -0.05) is 0 Å². The van der Waals surface area contributed by atoms with Crippen LogP contribution in [0.4, 0.5) is 4.39 Å². The van der Waals surface area contributed by atoms with Crippen molar-refractivity contribution in [2.75, 3.05) is 7.05 Å². The number of aromatic nitrogens is 1. The quantitative estimate of drug-likeness (QED) is 0.848. The van der Waals surface area contributed by atoms with Crippen molar-refractivity contribution in [2.24, 2.45) is 0 Å². The van der Waals surface area contributed by atoms with Crippen LogP contribution in [0.5, 0.6) is 0 Å². The number of carbonyl (C=O) groups is 1. The van der Waals surface area contributed by atoms with E-state index in [1.54, 1.807) is 25.1 Å². The van der Waals surface area contributed by atoms with Crippen LogP contribution in [0.1, 0.15) is 25.5 Å². The Morgan fingerprint density at radius 3 is 2.62 bits per heavy atom. The fourth-order valence-electron chi connectivity index (χ4n) is 1.40. The summed E-state index contributed by atoms with van der Waals surface area (Å²) in [7, 11) is 1.69. The van der Waals surface area contributed by atoms with Crippen molar-refractivity contribution in [2.45, 2.75) is 25.9 Å². The molecule has 5 heteroatoms. The number of likely N-dealkylation sites (N-methyl/N-ethyl adjacent to an activating group) is 1. The molecule has 1 N–H and O–H groups in total. The lowest BCUT2D eigenvalue weighted by Gasteiger charge is -2.28. The Morgan fingerprint density at radius 1 is 1.50 bits per heavy atom.